The first kappa shape index (κ1) is 23.3. The smallest absolute Gasteiger partial charge is 0.351 e. The van der Waals surface area contributed by atoms with Crippen LogP contribution in [-0.4, -0.2) is 90.2 Å². The van der Waals surface area contributed by atoms with Gasteiger partial charge in [-0.25, -0.2) is 19.4 Å². The monoisotopic (exact) mass is 370 g/mol. The predicted octanol–water partition coefficient (Wildman–Crippen LogP) is -1.22. The standard InChI is InChI=1S/C12H26N4O9/c1-19-11(20-2,21-3)15(9(13)17)7-25-8-16(10(14)18)12(22-4,23-5)24-6/h7-8H2,1-6H3,(H2,13,17)(H2,14,18). The summed E-state index contributed by atoms with van der Waals surface area (Å²) >= 11 is 0. The molecule has 4 N–H and O–H groups in total. The van der Waals surface area contributed by atoms with Crippen molar-refractivity contribution in [2.24, 2.45) is 11.5 Å². The maximum absolute atomic E-state index is 11.6. The van der Waals surface area contributed by atoms with Crippen molar-refractivity contribution in [2.45, 2.75) is 12.2 Å². The highest BCUT2D eigenvalue weighted by molar-refractivity contribution is 5.72. The Bertz CT molecular complexity index is 374. The predicted molar refractivity (Wildman–Crippen MR) is 81.2 cm³/mol. The molecule has 0 unspecified atom stereocenters. The fraction of sp³-hybridized carbons (Fsp3) is 0.833. The van der Waals surface area contributed by atoms with Crippen molar-refractivity contribution in [1.82, 2.24) is 9.80 Å². The van der Waals surface area contributed by atoms with Gasteiger partial charge in [0.2, 0.25) is 0 Å². The molecule has 0 aliphatic rings. The average molecular weight is 370 g/mol. The number of hydrogen-bond donors (Lipinski definition) is 2. The molecule has 0 aliphatic heterocycles. The minimum Gasteiger partial charge on any atom is -0.351 e. The molecule has 0 aliphatic carbocycles. The van der Waals surface area contributed by atoms with Crippen LogP contribution >= 0.6 is 0 Å². The van der Waals surface area contributed by atoms with Crippen molar-refractivity contribution < 1.29 is 42.7 Å². The van der Waals surface area contributed by atoms with Gasteiger partial charge in [-0.2, -0.15) is 0 Å². The van der Waals surface area contributed by atoms with Gasteiger partial charge in [0.15, 0.2) is 0 Å². The number of ether oxygens (including phenoxy) is 7. The van der Waals surface area contributed by atoms with E-state index in [1.807, 2.05) is 0 Å². The van der Waals surface area contributed by atoms with Crippen molar-refractivity contribution in [1.29, 1.82) is 0 Å². The summed E-state index contributed by atoms with van der Waals surface area (Å²) in [6, 6.07) is -1.96. The number of primary amides is 2. The lowest BCUT2D eigenvalue weighted by Crippen LogP contribution is -2.60. The molecule has 0 saturated heterocycles. The molecule has 0 aromatic carbocycles. The Morgan fingerprint density at radius 2 is 0.920 bits per heavy atom. The van der Waals surface area contributed by atoms with E-state index in [4.69, 9.17) is 44.6 Å². The van der Waals surface area contributed by atoms with Crippen LogP contribution in [0.2, 0.25) is 0 Å². The second kappa shape index (κ2) is 10.3. The summed E-state index contributed by atoms with van der Waals surface area (Å²) in [5.74, 6) is 0. The molecule has 148 valence electrons. The number of amides is 4. The van der Waals surface area contributed by atoms with E-state index in [0.717, 1.165) is 9.80 Å². The molecule has 0 radical (unpaired) electrons. The molecule has 25 heavy (non-hydrogen) atoms. The van der Waals surface area contributed by atoms with Crippen molar-refractivity contribution in [3.05, 3.63) is 0 Å². The van der Waals surface area contributed by atoms with Gasteiger partial charge in [0, 0.05) is 42.7 Å². The SMILES string of the molecule is COC(OC)(OC)N(COCN(C(N)=O)C(OC)(OC)OC)C(N)=O. The Hall–Kier alpha value is -1.74. The van der Waals surface area contributed by atoms with E-state index in [-0.39, 0.29) is 0 Å². The number of hydrogen-bond acceptors (Lipinski definition) is 9. The third-order valence-corrected chi connectivity index (χ3v) is 3.18. The highest BCUT2D eigenvalue weighted by Crippen LogP contribution is 2.21. The van der Waals surface area contributed by atoms with Crippen molar-refractivity contribution in [2.75, 3.05) is 56.1 Å². The zero-order valence-electron chi connectivity index (χ0n) is 15.1. The minimum atomic E-state index is -1.93. The van der Waals surface area contributed by atoms with Crippen LogP contribution in [0.4, 0.5) is 9.59 Å². The summed E-state index contributed by atoms with van der Waals surface area (Å²) in [5, 5.41) is 0. The largest absolute Gasteiger partial charge is 0.381 e. The van der Waals surface area contributed by atoms with E-state index in [0.29, 0.717) is 0 Å². The first-order chi connectivity index (χ1) is 11.7. The molecule has 0 heterocycles. The Kier molecular flexibility index (Phi) is 9.58. The number of rotatable bonds is 12. The Labute approximate surface area is 145 Å². The molecule has 4 amide bonds. The highest BCUT2D eigenvalue weighted by atomic mass is 16.9. The molecule has 0 aromatic heterocycles. The van der Waals surface area contributed by atoms with Gasteiger partial charge in [-0.05, 0) is 0 Å². The third kappa shape index (κ3) is 5.12. The second-order valence-electron chi connectivity index (χ2n) is 4.27. The molecule has 0 saturated carbocycles. The lowest BCUT2D eigenvalue weighted by Gasteiger charge is -2.39. The quantitative estimate of drug-likeness (QED) is 0.402. The maximum Gasteiger partial charge on any atom is 0.381 e. The Morgan fingerprint density at radius 3 is 1.08 bits per heavy atom. The molecule has 0 atom stereocenters. The summed E-state index contributed by atoms with van der Waals surface area (Å²) in [6.45, 7) is -0.996. The van der Waals surface area contributed by atoms with Gasteiger partial charge in [0.05, 0.1) is 0 Å². The van der Waals surface area contributed by atoms with Crippen LogP contribution in [0.1, 0.15) is 0 Å². The summed E-state index contributed by atoms with van der Waals surface area (Å²) in [4.78, 5) is 24.8. The molecular formula is C12H26N4O9. The number of methoxy groups -OCH3 is 6. The zero-order valence-corrected chi connectivity index (χ0v) is 15.1. The lowest BCUT2D eigenvalue weighted by atomic mass is 10.6. The van der Waals surface area contributed by atoms with Gasteiger partial charge >= 0.3 is 24.3 Å². The molecular weight excluding hydrogens is 344 g/mol. The first-order valence-electron chi connectivity index (χ1n) is 6.76. The van der Waals surface area contributed by atoms with E-state index in [9.17, 15) is 9.59 Å². The van der Waals surface area contributed by atoms with Crippen molar-refractivity contribution in [3.63, 3.8) is 0 Å². The molecule has 0 bridgehead atoms. The number of nitrogens with two attached hydrogens (primary N) is 2. The van der Waals surface area contributed by atoms with Crippen LogP contribution in [0.15, 0.2) is 0 Å². The van der Waals surface area contributed by atoms with Crippen LogP contribution in [0.3, 0.4) is 0 Å². The van der Waals surface area contributed by atoms with Crippen molar-refractivity contribution in [3.8, 4) is 0 Å². The average Bonchev–Trinajstić information content (AvgIpc) is 2.61. The summed E-state index contributed by atoms with van der Waals surface area (Å²) < 4.78 is 35.4. The Morgan fingerprint density at radius 1 is 0.680 bits per heavy atom. The van der Waals surface area contributed by atoms with Crippen LogP contribution in [0.5, 0.6) is 0 Å². The summed E-state index contributed by atoms with van der Waals surface area (Å²) in [5.41, 5.74) is 10.6. The van der Waals surface area contributed by atoms with Gasteiger partial charge in [-0.15, -0.1) is 0 Å². The number of carbonyl (C=O) groups excluding carboxylic acids is 2. The van der Waals surface area contributed by atoms with Crippen LogP contribution in [0.25, 0.3) is 0 Å². The third-order valence-electron chi connectivity index (χ3n) is 3.18. The number of nitrogens with zero attached hydrogens (tertiary/aromatic N) is 2. The van der Waals surface area contributed by atoms with Gasteiger partial charge < -0.3 is 44.6 Å². The molecule has 13 nitrogen and oxygen atoms in total. The van der Waals surface area contributed by atoms with E-state index in [2.05, 4.69) is 0 Å². The molecule has 0 rings (SSSR count). The molecule has 0 aromatic rings. The topological polar surface area (TPSA) is 157 Å². The first-order valence-corrected chi connectivity index (χ1v) is 6.76. The van der Waals surface area contributed by atoms with E-state index < -0.39 is 37.7 Å². The molecule has 0 spiro atoms. The van der Waals surface area contributed by atoms with Gasteiger partial charge in [-0.3, -0.25) is 0 Å². The fourth-order valence-electron chi connectivity index (χ4n) is 1.94. The molecule has 0 fully saturated rings. The fourth-order valence-corrected chi connectivity index (χ4v) is 1.94. The minimum absolute atomic E-state index is 0.498. The lowest BCUT2D eigenvalue weighted by molar-refractivity contribution is -0.428. The summed E-state index contributed by atoms with van der Waals surface area (Å²) in [7, 11) is 7.36. The van der Waals surface area contributed by atoms with Gasteiger partial charge in [0.1, 0.15) is 13.5 Å². The normalized spacial score (nSPS) is 12.1. The van der Waals surface area contributed by atoms with E-state index in [1.165, 1.54) is 42.7 Å². The Balaban J connectivity index is 5.24. The molecule has 13 heteroatoms. The summed E-state index contributed by atoms with van der Waals surface area (Å²) in [6.07, 6.45) is -3.85. The van der Waals surface area contributed by atoms with Crippen LogP contribution in [0, 0.1) is 0 Å². The van der Waals surface area contributed by atoms with Crippen molar-refractivity contribution >= 4 is 12.1 Å². The van der Waals surface area contributed by atoms with E-state index >= 15 is 0 Å². The van der Waals surface area contributed by atoms with Gasteiger partial charge in [0.25, 0.3) is 0 Å². The van der Waals surface area contributed by atoms with E-state index in [1.54, 1.807) is 0 Å². The second-order valence-corrected chi connectivity index (χ2v) is 4.27. The highest BCUT2D eigenvalue weighted by Gasteiger charge is 2.43. The van der Waals surface area contributed by atoms with Crippen LogP contribution in [-0.2, 0) is 33.2 Å². The number of carbonyl (C=O) groups is 2. The van der Waals surface area contributed by atoms with Crippen LogP contribution < -0.4 is 11.5 Å². The number of urea groups is 2. The zero-order chi connectivity index (χ0) is 19.7. The van der Waals surface area contributed by atoms with Gasteiger partial charge in [-0.1, -0.05) is 0 Å². The maximum atomic E-state index is 11.6.